The lowest BCUT2D eigenvalue weighted by atomic mass is 10.1. The van der Waals surface area contributed by atoms with E-state index in [-0.39, 0.29) is 17.8 Å². The first-order valence-electron chi connectivity index (χ1n) is 9.77. The molecule has 1 fully saturated rings. The predicted molar refractivity (Wildman–Crippen MR) is 116 cm³/mol. The molecule has 1 amide bonds. The van der Waals surface area contributed by atoms with Crippen LogP contribution in [0.3, 0.4) is 0 Å². The van der Waals surface area contributed by atoms with Crippen molar-refractivity contribution in [1.29, 1.82) is 0 Å². The highest BCUT2D eigenvalue weighted by Crippen LogP contribution is 2.30. The SMILES string of the molecule is Cc1ccc(SCCC(=O)N2CCC(Oc3nc4ccc(F)cc4s3)CC2)cc1. The molecule has 152 valence electrons. The third-order valence-electron chi connectivity index (χ3n) is 5.00. The zero-order valence-corrected chi connectivity index (χ0v) is 17.9. The first kappa shape index (κ1) is 20.2. The summed E-state index contributed by atoms with van der Waals surface area (Å²) in [6.45, 7) is 3.48. The van der Waals surface area contributed by atoms with E-state index in [1.54, 1.807) is 17.8 Å². The molecule has 1 aliphatic heterocycles. The van der Waals surface area contributed by atoms with Crippen molar-refractivity contribution in [2.24, 2.45) is 0 Å². The Balaban J connectivity index is 1.22. The highest BCUT2D eigenvalue weighted by molar-refractivity contribution is 7.99. The maximum absolute atomic E-state index is 13.3. The van der Waals surface area contributed by atoms with Crippen molar-refractivity contribution in [2.45, 2.75) is 37.2 Å². The van der Waals surface area contributed by atoms with Gasteiger partial charge in [-0.05, 0) is 37.3 Å². The Morgan fingerprint density at radius 1 is 1.24 bits per heavy atom. The van der Waals surface area contributed by atoms with E-state index in [0.29, 0.717) is 24.7 Å². The second-order valence-corrected chi connectivity index (χ2v) is 9.36. The van der Waals surface area contributed by atoms with Gasteiger partial charge in [0.25, 0.3) is 5.19 Å². The number of amides is 1. The Hall–Kier alpha value is -2.12. The minimum Gasteiger partial charge on any atom is -0.467 e. The number of hydrogen-bond acceptors (Lipinski definition) is 5. The summed E-state index contributed by atoms with van der Waals surface area (Å²) < 4.78 is 20.1. The van der Waals surface area contributed by atoms with E-state index >= 15 is 0 Å². The van der Waals surface area contributed by atoms with Crippen LogP contribution in [-0.2, 0) is 4.79 Å². The lowest BCUT2D eigenvalue weighted by molar-refractivity contribution is -0.132. The Labute approximate surface area is 178 Å². The Morgan fingerprint density at radius 3 is 2.76 bits per heavy atom. The monoisotopic (exact) mass is 430 g/mol. The molecule has 3 aromatic rings. The van der Waals surface area contributed by atoms with Gasteiger partial charge in [0.15, 0.2) is 0 Å². The van der Waals surface area contributed by atoms with E-state index < -0.39 is 0 Å². The van der Waals surface area contributed by atoms with Crippen LogP contribution >= 0.6 is 23.1 Å². The summed E-state index contributed by atoms with van der Waals surface area (Å²) in [7, 11) is 0. The van der Waals surface area contributed by atoms with Crippen molar-refractivity contribution in [1.82, 2.24) is 9.88 Å². The second kappa shape index (κ2) is 9.13. The van der Waals surface area contributed by atoms with Gasteiger partial charge in [-0.25, -0.2) is 9.37 Å². The summed E-state index contributed by atoms with van der Waals surface area (Å²) in [4.78, 5) is 20.0. The van der Waals surface area contributed by atoms with Crippen molar-refractivity contribution in [3.05, 3.63) is 53.8 Å². The quantitative estimate of drug-likeness (QED) is 0.498. The maximum Gasteiger partial charge on any atom is 0.274 e. The molecule has 0 bridgehead atoms. The van der Waals surface area contributed by atoms with Crippen LogP contribution in [-0.4, -0.2) is 40.7 Å². The maximum atomic E-state index is 13.3. The van der Waals surface area contributed by atoms with E-state index in [4.69, 9.17) is 4.74 Å². The van der Waals surface area contributed by atoms with Crippen LogP contribution in [0, 0.1) is 12.7 Å². The summed E-state index contributed by atoms with van der Waals surface area (Å²) in [6, 6.07) is 13.0. The fourth-order valence-electron chi connectivity index (χ4n) is 3.34. The van der Waals surface area contributed by atoms with Crippen LogP contribution < -0.4 is 4.74 Å². The number of benzene rings is 2. The summed E-state index contributed by atoms with van der Waals surface area (Å²) in [6.07, 6.45) is 2.18. The summed E-state index contributed by atoms with van der Waals surface area (Å²) in [5.74, 6) is 0.735. The van der Waals surface area contributed by atoms with E-state index in [1.807, 2.05) is 4.90 Å². The van der Waals surface area contributed by atoms with Gasteiger partial charge in [-0.1, -0.05) is 29.0 Å². The fraction of sp³-hybridized carbons (Fsp3) is 0.364. The number of piperidine rings is 1. The van der Waals surface area contributed by atoms with Crippen LogP contribution in [0.4, 0.5) is 4.39 Å². The Bertz CT molecular complexity index is 982. The largest absolute Gasteiger partial charge is 0.467 e. The van der Waals surface area contributed by atoms with Gasteiger partial charge in [0.05, 0.1) is 10.2 Å². The van der Waals surface area contributed by atoms with Gasteiger partial charge in [0.2, 0.25) is 5.91 Å². The first-order chi connectivity index (χ1) is 14.1. The molecule has 2 aromatic carbocycles. The van der Waals surface area contributed by atoms with Crippen LogP contribution in [0.1, 0.15) is 24.8 Å². The summed E-state index contributed by atoms with van der Waals surface area (Å²) in [5, 5.41) is 0.574. The Morgan fingerprint density at radius 2 is 2.00 bits per heavy atom. The van der Waals surface area contributed by atoms with Crippen LogP contribution in [0.25, 0.3) is 10.2 Å². The third-order valence-corrected chi connectivity index (χ3v) is 6.92. The molecule has 4 rings (SSSR count). The third kappa shape index (κ3) is 5.28. The highest BCUT2D eigenvalue weighted by atomic mass is 32.2. The zero-order chi connectivity index (χ0) is 20.2. The van der Waals surface area contributed by atoms with Crippen molar-refractivity contribution in [3.8, 4) is 5.19 Å². The molecule has 1 aliphatic rings. The van der Waals surface area contributed by atoms with Crippen LogP contribution in [0.2, 0.25) is 0 Å². The number of rotatable bonds is 6. The normalized spacial score (nSPS) is 15.0. The fourth-order valence-corrected chi connectivity index (χ4v) is 5.09. The van der Waals surface area contributed by atoms with E-state index in [0.717, 1.165) is 28.8 Å². The minimum absolute atomic E-state index is 0.0476. The van der Waals surface area contributed by atoms with Crippen molar-refractivity contribution >= 4 is 39.2 Å². The molecule has 1 saturated heterocycles. The molecule has 7 heteroatoms. The molecule has 4 nitrogen and oxygen atoms in total. The summed E-state index contributed by atoms with van der Waals surface area (Å²) in [5.41, 5.74) is 2.00. The number of thioether (sulfide) groups is 1. The number of carbonyl (C=O) groups is 1. The second-order valence-electron chi connectivity index (χ2n) is 7.20. The minimum atomic E-state index is -0.264. The lowest BCUT2D eigenvalue weighted by Gasteiger charge is -2.31. The number of aryl methyl sites for hydroxylation is 1. The lowest BCUT2D eigenvalue weighted by Crippen LogP contribution is -2.41. The van der Waals surface area contributed by atoms with E-state index in [2.05, 4.69) is 36.2 Å². The van der Waals surface area contributed by atoms with Crippen molar-refractivity contribution in [3.63, 3.8) is 0 Å². The number of thiazole rings is 1. The molecule has 0 aliphatic carbocycles. The van der Waals surface area contributed by atoms with Crippen LogP contribution in [0.15, 0.2) is 47.4 Å². The zero-order valence-electron chi connectivity index (χ0n) is 16.3. The standard InChI is InChI=1S/C22H23FN2O2S2/c1-15-2-5-18(6-3-15)28-13-10-21(26)25-11-8-17(9-12-25)27-22-24-19-7-4-16(23)14-20(19)29-22/h2-7,14,17H,8-13H2,1H3. The molecule has 0 spiro atoms. The number of halogens is 1. The average molecular weight is 431 g/mol. The number of ether oxygens (including phenoxy) is 1. The van der Waals surface area contributed by atoms with Gasteiger partial charge in [-0.2, -0.15) is 0 Å². The topological polar surface area (TPSA) is 42.4 Å². The molecule has 0 atom stereocenters. The van der Waals surface area contributed by atoms with Gasteiger partial charge in [0, 0.05) is 43.0 Å². The summed E-state index contributed by atoms with van der Waals surface area (Å²) >= 11 is 3.09. The van der Waals surface area contributed by atoms with Crippen molar-refractivity contribution in [2.75, 3.05) is 18.8 Å². The number of aromatic nitrogens is 1. The molecule has 0 unspecified atom stereocenters. The number of fused-ring (bicyclic) bond motifs is 1. The van der Waals surface area contributed by atoms with E-state index in [1.165, 1.54) is 33.9 Å². The smallest absolute Gasteiger partial charge is 0.274 e. The number of hydrogen-bond donors (Lipinski definition) is 0. The number of likely N-dealkylation sites (tertiary alicyclic amines) is 1. The van der Waals surface area contributed by atoms with Gasteiger partial charge < -0.3 is 9.64 Å². The Kier molecular flexibility index (Phi) is 6.35. The molecule has 2 heterocycles. The molecule has 0 radical (unpaired) electrons. The van der Waals surface area contributed by atoms with Gasteiger partial charge >= 0.3 is 0 Å². The molecule has 0 N–H and O–H groups in total. The average Bonchev–Trinajstić information content (AvgIpc) is 3.11. The molecule has 0 saturated carbocycles. The predicted octanol–water partition coefficient (Wildman–Crippen LogP) is 5.30. The molecule has 29 heavy (non-hydrogen) atoms. The van der Waals surface area contributed by atoms with Gasteiger partial charge in [0.1, 0.15) is 11.9 Å². The van der Waals surface area contributed by atoms with Gasteiger partial charge in [-0.15, -0.1) is 11.8 Å². The van der Waals surface area contributed by atoms with Gasteiger partial charge in [-0.3, -0.25) is 4.79 Å². The van der Waals surface area contributed by atoms with Crippen molar-refractivity contribution < 1.29 is 13.9 Å². The number of carbonyl (C=O) groups excluding carboxylic acids is 1. The van der Waals surface area contributed by atoms with E-state index in [9.17, 15) is 9.18 Å². The van der Waals surface area contributed by atoms with Crippen LogP contribution in [0.5, 0.6) is 5.19 Å². The molecular weight excluding hydrogens is 407 g/mol. The molecule has 1 aromatic heterocycles. The first-order valence-corrected chi connectivity index (χ1v) is 11.6. The molecular formula is C22H23FN2O2S2. The number of nitrogens with zero attached hydrogens (tertiary/aromatic N) is 2. The highest BCUT2D eigenvalue weighted by Gasteiger charge is 2.24.